The van der Waals surface area contributed by atoms with E-state index in [1.165, 1.54) is 6.07 Å². The maximum atomic E-state index is 12.6. The summed E-state index contributed by atoms with van der Waals surface area (Å²) < 4.78 is 5.16. The molecule has 1 saturated heterocycles. The van der Waals surface area contributed by atoms with Crippen molar-refractivity contribution < 1.29 is 18.8 Å². The minimum atomic E-state index is -0.747. The molecule has 156 valence electrons. The number of benzene rings is 2. The Labute approximate surface area is 181 Å². The number of rotatable bonds is 5. The summed E-state index contributed by atoms with van der Waals surface area (Å²) in [6.45, 7) is 1.98. The highest BCUT2D eigenvalue weighted by Gasteiger charge is 2.34. The topological polar surface area (TPSA) is 96.7 Å². The molecule has 1 N–H and O–H groups in total. The Kier molecular flexibility index (Phi) is 5.73. The molecule has 0 unspecified atom stereocenters. The van der Waals surface area contributed by atoms with Crippen molar-refractivity contribution in [3.8, 4) is 0 Å². The van der Waals surface area contributed by atoms with Crippen molar-refractivity contribution in [1.82, 2.24) is 10.2 Å². The number of carbonyl (C=O) groups excluding carboxylic acids is 3. The van der Waals surface area contributed by atoms with Crippen LogP contribution in [0.5, 0.6) is 0 Å². The average molecular weight is 434 g/mol. The van der Waals surface area contributed by atoms with Crippen LogP contribution >= 0.6 is 11.8 Å². The summed E-state index contributed by atoms with van der Waals surface area (Å²) in [6, 6.07) is 15.9. The molecule has 0 saturated carbocycles. The molecule has 1 aliphatic heterocycles. The Morgan fingerprint density at radius 2 is 1.84 bits per heavy atom. The second-order valence-electron chi connectivity index (χ2n) is 6.99. The third-order valence-electron chi connectivity index (χ3n) is 4.76. The molecule has 1 aromatic heterocycles. The maximum absolute atomic E-state index is 12.6. The van der Waals surface area contributed by atoms with Gasteiger partial charge in [-0.1, -0.05) is 48.0 Å². The quantitative estimate of drug-likeness (QED) is 0.487. The van der Waals surface area contributed by atoms with Crippen LogP contribution in [0, 0.1) is 6.92 Å². The molecule has 3 amide bonds. The van der Waals surface area contributed by atoms with Gasteiger partial charge in [0.25, 0.3) is 17.1 Å². The van der Waals surface area contributed by atoms with E-state index in [1.54, 1.807) is 30.3 Å². The first-order chi connectivity index (χ1) is 14.9. The number of nitrogens with one attached hydrogen (secondary N) is 1. The van der Waals surface area contributed by atoms with E-state index in [2.05, 4.69) is 5.32 Å². The summed E-state index contributed by atoms with van der Waals surface area (Å²) in [7, 11) is 0. The smallest absolute Gasteiger partial charge is 0.349 e. The molecule has 1 fully saturated rings. The number of thioether (sulfide) groups is 1. The second-order valence-corrected chi connectivity index (χ2v) is 7.98. The number of imide groups is 1. The number of hydrogen-bond donors (Lipinski definition) is 1. The maximum Gasteiger partial charge on any atom is 0.349 e. The highest BCUT2D eigenvalue weighted by atomic mass is 32.2. The van der Waals surface area contributed by atoms with Crippen molar-refractivity contribution in [3.63, 3.8) is 0 Å². The molecule has 0 spiro atoms. The summed E-state index contributed by atoms with van der Waals surface area (Å²) in [4.78, 5) is 50.7. The molecule has 0 atom stereocenters. The second kappa shape index (κ2) is 8.61. The molecule has 3 aromatic rings. The zero-order valence-electron chi connectivity index (χ0n) is 16.6. The minimum absolute atomic E-state index is 0.000555. The standard InChI is InChI=1S/C23H18N2O5S/c1-14-6-8-15(9-7-14)12-19-21(27)25(23(29)31-19)11-10-24-20(26)17-13-16-4-2-3-5-18(16)30-22(17)28/h2-9,12-13H,10-11H2,1H3,(H,24,26)/b19-12+. The molecular formula is C23H18N2O5S. The van der Waals surface area contributed by atoms with E-state index < -0.39 is 22.7 Å². The monoisotopic (exact) mass is 434 g/mol. The molecule has 31 heavy (non-hydrogen) atoms. The SMILES string of the molecule is Cc1ccc(/C=C2/SC(=O)N(CCNC(=O)c3cc4ccccc4oc3=O)C2=O)cc1. The molecule has 0 aliphatic carbocycles. The molecule has 0 bridgehead atoms. The largest absolute Gasteiger partial charge is 0.422 e. The van der Waals surface area contributed by atoms with Crippen molar-refractivity contribution >= 4 is 45.9 Å². The number of fused-ring (bicyclic) bond motifs is 1. The van der Waals surface area contributed by atoms with Gasteiger partial charge in [-0.15, -0.1) is 0 Å². The van der Waals surface area contributed by atoms with E-state index >= 15 is 0 Å². The molecular weight excluding hydrogens is 416 g/mol. The van der Waals surface area contributed by atoms with Crippen LogP contribution in [0.15, 0.2) is 68.7 Å². The van der Waals surface area contributed by atoms with Crippen LogP contribution in [0.4, 0.5) is 4.79 Å². The van der Waals surface area contributed by atoms with Crippen molar-refractivity contribution in [2.45, 2.75) is 6.92 Å². The predicted octanol–water partition coefficient (Wildman–Crippen LogP) is 3.57. The summed E-state index contributed by atoms with van der Waals surface area (Å²) in [5.41, 5.74) is 1.44. The van der Waals surface area contributed by atoms with Gasteiger partial charge < -0.3 is 9.73 Å². The first kappa shape index (κ1) is 20.6. The van der Waals surface area contributed by atoms with Crippen LogP contribution in [0.25, 0.3) is 17.0 Å². The zero-order chi connectivity index (χ0) is 22.0. The average Bonchev–Trinajstić information content (AvgIpc) is 3.02. The lowest BCUT2D eigenvalue weighted by molar-refractivity contribution is -0.122. The fraction of sp³-hybridized carbons (Fsp3) is 0.130. The van der Waals surface area contributed by atoms with Crippen LogP contribution in [0.3, 0.4) is 0 Å². The number of nitrogens with zero attached hydrogens (tertiary/aromatic N) is 1. The van der Waals surface area contributed by atoms with Crippen LogP contribution in [0.2, 0.25) is 0 Å². The van der Waals surface area contributed by atoms with Crippen LogP contribution < -0.4 is 10.9 Å². The lowest BCUT2D eigenvalue weighted by Gasteiger charge is -2.12. The van der Waals surface area contributed by atoms with Crippen LogP contribution in [-0.2, 0) is 4.79 Å². The summed E-state index contributed by atoms with van der Waals surface area (Å²) >= 11 is 0.861. The number of hydrogen-bond acceptors (Lipinski definition) is 6. The summed E-state index contributed by atoms with van der Waals surface area (Å²) in [5.74, 6) is -1.03. The van der Waals surface area contributed by atoms with Gasteiger partial charge in [-0.05, 0) is 42.5 Å². The lowest BCUT2D eigenvalue weighted by Crippen LogP contribution is -2.38. The molecule has 8 heteroatoms. The molecule has 4 rings (SSSR count). The number of para-hydroxylation sites is 1. The van der Waals surface area contributed by atoms with E-state index in [-0.39, 0.29) is 18.7 Å². The van der Waals surface area contributed by atoms with Gasteiger partial charge in [-0.3, -0.25) is 19.3 Å². The fourth-order valence-electron chi connectivity index (χ4n) is 3.10. The van der Waals surface area contributed by atoms with Gasteiger partial charge in [0.1, 0.15) is 11.1 Å². The Balaban J connectivity index is 1.40. The number of aryl methyl sites for hydroxylation is 1. The Morgan fingerprint density at radius 3 is 2.61 bits per heavy atom. The van der Waals surface area contributed by atoms with Crippen LogP contribution in [0.1, 0.15) is 21.5 Å². The van der Waals surface area contributed by atoms with E-state index in [4.69, 9.17) is 4.42 Å². The van der Waals surface area contributed by atoms with Gasteiger partial charge in [-0.2, -0.15) is 0 Å². The van der Waals surface area contributed by atoms with E-state index in [1.807, 2.05) is 31.2 Å². The van der Waals surface area contributed by atoms with Gasteiger partial charge >= 0.3 is 5.63 Å². The van der Waals surface area contributed by atoms with E-state index in [9.17, 15) is 19.2 Å². The van der Waals surface area contributed by atoms with E-state index in [0.29, 0.717) is 15.9 Å². The number of amides is 3. The Hall–Kier alpha value is -3.65. The van der Waals surface area contributed by atoms with Gasteiger partial charge in [0.2, 0.25) is 0 Å². The first-order valence-corrected chi connectivity index (χ1v) is 10.4. The highest BCUT2D eigenvalue weighted by Crippen LogP contribution is 2.31. The molecule has 2 heterocycles. The van der Waals surface area contributed by atoms with Crippen molar-refractivity contribution in [1.29, 1.82) is 0 Å². The third-order valence-corrected chi connectivity index (χ3v) is 5.66. The molecule has 7 nitrogen and oxygen atoms in total. The first-order valence-electron chi connectivity index (χ1n) is 9.55. The summed E-state index contributed by atoms with van der Waals surface area (Å²) in [5, 5.41) is 2.79. The normalized spacial score (nSPS) is 15.1. The van der Waals surface area contributed by atoms with Gasteiger partial charge in [0.15, 0.2) is 0 Å². The van der Waals surface area contributed by atoms with Gasteiger partial charge in [0.05, 0.1) is 4.91 Å². The molecule has 0 radical (unpaired) electrons. The van der Waals surface area contributed by atoms with Gasteiger partial charge in [-0.25, -0.2) is 4.79 Å². The highest BCUT2D eigenvalue weighted by molar-refractivity contribution is 8.18. The molecule has 1 aliphatic rings. The number of carbonyl (C=O) groups is 3. The fourth-order valence-corrected chi connectivity index (χ4v) is 3.97. The van der Waals surface area contributed by atoms with Crippen LogP contribution in [-0.4, -0.2) is 35.0 Å². The third kappa shape index (κ3) is 4.44. The predicted molar refractivity (Wildman–Crippen MR) is 119 cm³/mol. The Bertz CT molecular complexity index is 1280. The summed E-state index contributed by atoms with van der Waals surface area (Å²) in [6.07, 6.45) is 1.67. The van der Waals surface area contributed by atoms with Crippen molar-refractivity contribution in [3.05, 3.63) is 86.6 Å². The van der Waals surface area contributed by atoms with E-state index in [0.717, 1.165) is 27.8 Å². The van der Waals surface area contributed by atoms with Crippen molar-refractivity contribution in [2.24, 2.45) is 0 Å². The van der Waals surface area contributed by atoms with Crippen molar-refractivity contribution in [2.75, 3.05) is 13.1 Å². The lowest BCUT2D eigenvalue weighted by atomic mass is 10.1. The minimum Gasteiger partial charge on any atom is -0.422 e. The van der Waals surface area contributed by atoms with Gasteiger partial charge in [0, 0.05) is 18.5 Å². The molecule has 2 aromatic carbocycles. The zero-order valence-corrected chi connectivity index (χ0v) is 17.4. The Morgan fingerprint density at radius 1 is 1.10 bits per heavy atom.